The van der Waals surface area contributed by atoms with E-state index >= 15 is 0 Å². The van der Waals surface area contributed by atoms with Gasteiger partial charge in [0.1, 0.15) is 11.7 Å². The number of nitrogens with one attached hydrogen (secondary N) is 2. The van der Waals surface area contributed by atoms with Crippen LogP contribution in [0.2, 0.25) is 0 Å². The van der Waals surface area contributed by atoms with Gasteiger partial charge in [-0.15, -0.1) is 0 Å². The van der Waals surface area contributed by atoms with Crippen LogP contribution in [-0.2, 0) is 28.6 Å². The zero-order valence-electron chi connectivity index (χ0n) is 32.3. The van der Waals surface area contributed by atoms with E-state index in [1.807, 2.05) is 56.3 Å². The molecule has 4 aliphatic carbocycles. The van der Waals surface area contributed by atoms with E-state index in [2.05, 4.69) is 39.1 Å². The van der Waals surface area contributed by atoms with E-state index in [0.29, 0.717) is 24.4 Å². The Morgan fingerprint density at radius 1 is 1.04 bits per heavy atom. The van der Waals surface area contributed by atoms with Crippen LogP contribution in [0, 0.1) is 27.6 Å². The van der Waals surface area contributed by atoms with E-state index in [4.69, 9.17) is 13.9 Å². The SMILES string of the molecule is CC(=O)OC1CC2(C)C(c3ccoc3)CC3OC32C2(C)C(=O)C(O)=C3C(C)(C)C(=O)C=CC3(C)C12.COC(=O)Nc1nc2ccc(Sc3ccccc3)cc2[nH]1. The molecule has 0 radical (unpaired) electrons. The molecule has 5 aliphatic rings. The number of Topliss-reactive ketones (excluding diaryl/α,β-unsaturated/α-hetero) is 1. The summed E-state index contributed by atoms with van der Waals surface area (Å²) in [5.74, 6) is -1.46. The fourth-order valence-corrected chi connectivity index (χ4v) is 12.0. The lowest BCUT2D eigenvalue weighted by atomic mass is 9.38. The Morgan fingerprint density at radius 3 is 2.46 bits per heavy atom. The number of carbonyl (C=O) groups is 4. The van der Waals surface area contributed by atoms with Gasteiger partial charge < -0.3 is 28.7 Å². The van der Waals surface area contributed by atoms with Crippen molar-refractivity contribution >= 4 is 52.4 Å². The van der Waals surface area contributed by atoms with Crippen molar-refractivity contribution in [3.05, 3.63) is 96.2 Å². The number of furan rings is 1. The van der Waals surface area contributed by atoms with Crippen LogP contribution in [0.1, 0.15) is 65.9 Å². The van der Waals surface area contributed by atoms with E-state index in [1.54, 1.807) is 50.3 Å². The number of methoxy groups -OCH3 is 1. The van der Waals surface area contributed by atoms with Gasteiger partial charge >= 0.3 is 12.1 Å². The van der Waals surface area contributed by atoms with Crippen LogP contribution in [0.25, 0.3) is 11.0 Å². The summed E-state index contributed by atoms with van der Waals surface area (Å²) in [6, 6.07) is 18.0. The number of aromatic nitrogens is 2. The molecule has 2 saturated carbocycles. The number of anilines is 1. The maximum absolute atomic E-state index is 14.3. The van der Waals surface area contributed by atoms with Crippen molar-refractivity contribution in [2.24, 2.45) is 27.6 Å². The van der Waals surface area contributed by atoms with Gasteiger partial charge in [-0.05, 0) is 93.1 Å². The number of esters is 1. The standard InChI is InChI=1S/C28H32O7.C15H13N3O2S/c1-14(29)34-17-12-26(5)16(15-8-10-33-13-15)11-19-28(26,35-19)27(6)21(17)25(4)9-7-18(30)24(2,3)22(25)20(31)23(27)32;1-20-15(19)18-14-16-12-8-7-11(9-13(12)17-14)21-10-5-3-2-4-6-10/h7-10,13,16-17,19,21,31H,11-12H2,1-6H3;2-9H,1H3,(H2,16,17,18,19). The van der Waals surface area contributed by atoms with Gasteiger partial charge in [-0.2, -0.15) is 0 Å². The second-order valence-electron chi connectivity index (χ2n) is 16.6. The van der Waals surface area contributed by atoms with Crippen LogP contribution in [0.15, 0.2) is 105 Å². The van der Waals surface area contributed by atoms with Gasteiger partial charge in [-0.25, -0.2) is 9.78 Å². The molecule has 2 aromatic carbocycles. The first-order valence-electron chi connectivity index (χ1n) is 18.7. The lowest BCUT2D eigenvalue weighted by molar-refractivity contribution is -0.200. The molecule has 4 aromatic rings. The Labute approximate surface area is 328 Å². The number of H-pyrrole nitrogens is 1. The number of aliphatic hydroxyl groups excluding tert-OH is 1. The normalized spacial score (nSPS) is 33.3. The highest BCUT2D eigenvalue weighted by Gasteiger charge is 2.89. The highest BCUT2D eigenvalue weighted by atomic mass is 32.2. The third-order valence-electron chi connectivity index (χ3n) is 13.2. The number of epoxide rings is 1. The summed E-state index contributed by atoms with van der Waals surface area (Å²) < 4.78 is 22.5. The van der Waals surface area contributed by atoms with Crippen molar-refractivity contribution in [1.29, 1.82) is 0 Å². The van der Waals surface area contributed by atoms with Crippen molar-refractivity contribution < 1.29 is 42.9 Å². The number of nitrogens with zero attached hydrogens (tertiary/aromatic N) is 1. The van der Waals surface area contributed by atoms with Crippen molar-refractivity contribution in [1.82, 2.24) is 9.97 Å². The predicted octanol–water partition coefficient (Wildman–Crippen LogP) is 8.33. The molecule has 9 rings (SSSR count). The summed E-state index contributed by atoms with van der Waals surface area (Å²) in [7, 11) is 1.31. The molecule has 3 N–H and O–H groups in total. The molecule has 8 unspecified atom stereocenters. The number of hydrogen-bond acceptors (Lipinski definition) is 11. The molecule has 1 aliphatic heterocycles. The fourth-order valence-electron chi connectivity index (χ4n) is 11.1. The van der Waals surface area contributed by atoms with Gasteiger partial charge in [0.2, 0.25) is 11.7 Å². The molecule has 292 valence electrons. The molecule has 12 nitrogen and oxygen atoms in total. The first kappa shape index (κ1) is 37.8. The van der Waals surface area contributed by atoms with Gasteiger partial charge in [0.15, 0.2) is 11.5 Å². The minimum Gasteiger partial charge on any atom is -0.504 e. The number of aliphatic hydroxyl groups is 1. The lowest BCUT2D eigenvalue weighted by Gasteiger charge is -2.64. The monoisotopic (exact) mass is 779 g/mol. The van der Waals surface area contributed by atoms with Crippen molar-refractivity contribution in [3.63, 3.8) is 0 Å². The minimum absolute atomic E-state index is 0.0453. The zero-order valence-corrected chi connectivity index (χ0v) is 33.1. The molecule has 1 spiro atoms. The molecule has 3 heterocycles. The number of benzene rings is 2. The molecule has 2 aromatic heterocycles. The molecular weight excluding hydrogens is 735 g/mol. The number of rotatable bonds is 5. The quantitative estimate of drug-likeness (QED) is 0.131. The Morgan fingerprint density at radius 2 is 1.79 bits per heavy atom. The number of carbonyl (C=O) groups excluding carboxylic acids is 4. The van der Waals surface area contributed by atoms with Crippen LogP contribution in [-0.4, -0.2) is 63.6 Å². The summed E-state index contributed by atoms with van der Waals surface area (Å²) >= 11 is 1.67. The zero-order chi connectivity index (χ0) is 40.0. The number of imidazole rings is 1. The van der Waals surface area contributed by atoms with Gasteiger partial charge in [-0.3, -0.25) is 19.7 Å². The maximum atomic E-state index is 14.3. The Balaban J connectivity index is 0.000000179. The van der Waals surface area contributed by atoms with Gasteiger partial charge in [0.25, 0.3) is 0 Å². The molecular formula is C43H45N3O9S. The molecule has 56 heavy (non-hydrogen) atoms. The van der Waals surface area contributed by atoms with Crippen LogP contribution >= 0.6 is 11.8 Å². The van der Waals surface area contributed by atoms with Crippen LogP contribution in [0.5, 0.6) is 0 Å². The third-order valence-corrected chi connectivity index (χ3v) is 14.2. The van der Waals surface area contributed by atoms with E-state index in [0.717, 1.165) is 21.5 Å². The van der Waals surface area contributed by atoms with Crippen LogP contribution < -0.4 is 5.32 Å². The summed E-state index contributed by atoms with van der Waals surface area (Å²) in [6.07, 6.45) is 6.62. The second kappa shape index (κ2) is 13.0. The molecule has 3 fully saturated rings. The first-order chi connectivity index (χ1) is 26.5. The molecule has 8 atom stereocenters. The lowest BCUT2D eigenvalue weighted by Crippen LogP contribution is -2.70. The van der Waals surface area contributed by atoms with Crippen molar-refractivity contribution in [3.8, 4) is 0 Å². The predicted molar refractivity (Wildman–Crippen MR) is 207 cm³/mol. The molecule has 1 amide bonds. The second-order valence-corrected chi connectivity index (χ2v) is 17.7. The highest BCUT2D eigenvalue weighted by molar-refractivity contribution is 7.99. The van der Waals surface area contributed by atoms with Gasteiger partial charge in [0.05, 0.1) is 47.6 Å². The largest absolute Gasteiger partial charge is 0.504 e. The third kappa shape index (κ3) is 5.33. The van der Waals surface area contributed by atoms with Crippen molar-refractivity contribution in [2.45, 2.75) is 87.9 Å². The number of fused-ring (bicyclic) bond motifs is 4. The molecule has 1 saturated heterocycles. The van der Waals surface area contributed by atoms with Gasteiger partial charge in [0, 0.05) is 33.5 Å². The van der Waals surface area contributed by atoms with E-state index in [9.17, 15) is 24.3 Å². The minimum atomic E-state index is -1.17. The Kier molecular flexibility index (Phi) is 8.74. The topological polar surface area (TPSA) is 173 Å². The average molecular weight is 780 g/mol. The van der Waals surface area contributed by atoms with E-state index in [1.165, 1.54) is 18.9 Å². The number of hydrogen-bond donors (Lipinski definition) is 3. The Bertz CT molecular complexity index is 2330. The van der Waals surface area contributed by atoms with Gasteiger partial charge in [-0.1, -0.05) is 49.9 Å². The van der Waals surface area contributed by atoms with E-state index < -0.39 is 57.1 Å². The number of ether oxygens (including phenoxy) is 3. The summed E-state index contributed by atoms with van der Waals surface area (Å²) in [4.78, 5) is 60.4. The fraction of sp³-hybridized carbons (Fsp3) is 0.419. The smallest absolute Gasteiger partial charge is 0.413 e. The molecule has 13 heteroatoms. The first-order valence-corrected chi connectivity index (χ1v) is 19.5. The highest BCUT2D eigenvalue weighted by Crippen LogP contribution is 2.81. The summed E-state index contributed by atoms with van der Waals surface area (Å²) in [5, 5.41) is 14.0. The summed E-state index contributed by atoms with van der Waals surface area (Å²) in [6.45, 7) is 10.8. The number of aromatic amines is 1. The van der Waals surface area contributed by atoms with Crippen molar-refractivity contribution in [2.75, 3.05) is 12.4 Å². The Hall–Kier alpha value is -5.14. The summed E-state index contributed by atoms with van der Waals surface area (Å²) in [5.41, 5.74) is -1.40. The van der Waals surface area contributed by atoms with E-state index in [-0.39, 0.29) is 23.6 Å². The number of allylic oxidation sites excluding steroid dienone is 4. The average Bonchev–Trinajstić information content (AvgIpc) is 3.40. The molecule has 0 bridgehead atoms. The number of amides is 1. The maximum Gasteiger partial charge on any atom is 0.413 e. The number of ketones is 2. The van der Waals surface area contributed by atoms with Crippen LogP contribution in [0.3, 0.4) is 0 Å². The van der Waals surface area contributed by atoms with Crippen LogP contribution in [0.4, 0.5) is 10.7 Å².